The van der Waals surface area contributed by atoms with Crippen LogP contribution in [0.3, 0.4) is 0 Å². The van der Waals surface area contributed by atoms with E-state index in [-0.39, 0.29) is 0 Å². The molecular weight excluding hydrogens is 314 g/mol. The summed E-state index contributed by atoms with van der Waals surface area (Å²) in [4.78, 5) is 0. The summed E-state index contributed by atoms with van der Waals surface area (Å²) < 4.78 is 11.5. The zero-order valence-corrected chi connectivity index (χ0v) is 17.3. The molecular formula is C21H33NOS. The monoisotopic (exact) mass is 347 g/mol. The van der Waals surface area contributed by atoms with Gasteiger partial charge in [0.1, 0.15) is 12.2 Å². The maximum atomic E-state index is 8.66. The molecule has 1 aromatic rings. The molecule has 24 heavy (non-hydrogen) atoms. The zero-order valence-electron chi connectivity index (χ0n) is 16.5. The predicted octanol–water partition coefficient (Wildman–Crippen LogP) is 6.74. The first kappa shape index (κ1) is 22.6. The van der Waals surface area contributed by atoms with Crippen molar-refractivity contribution in [3.63, 3.8) is 0 Å². The Labute approximate surface area is 153 Å². The van der Waals surface area contributed by atoms with Crippen LogP contribution in [-0.4, -0.2) is 4.55 Å². The highest BCUT2D eigenvalue weighted by atomic mass is 32.2. The topological polar surface area (TPSA) is 32.3 Å². The molecule has 0 aliphatic carbocycles. The maximum Gasteiger partial charge on any atom is 0.108 e. The molecule has 0 atom stereocenters. The molecule has 2 N–H and O–H groups in total. The van der Waals surface area contributed by atoms with E-state index in [0.29, 0.717) is 12.2 Å². The van der Waals surface area contributed by atoms with Crippen molar-refractivity contribution in [2.24, 2.45) is 0 Å². The van der Waals surface area contributed by atoms with E-state index >= 15 is 0 Å². The van der Waals surface area contributed by atoms with Gasteiger partial charge in [0.2, 0.25) is 0 Å². The van der Waals surface area contributed by atoms with Gasteiger partial charge in [0.25, 0.3) is 0 Å². The Morgan fingerprint density at radius 3 is 1.92 bits per heavy atom. The van der Waals surface area contributed by atoms with E-state index in [1.54, 1.807) is 0 Å². The lowest BCUT2D eigenvalue weighted by Gasteiger charge is -2.10. The Bertz CT molecular complexity index is 601. The van der Waals surface area contributed by atoms with Crippen LogP contribution in [0, 0.1) is 34.6 Å². The number of aryl methyl sites for hydroxylation is 2. The summed E-state index contributed by atoms with van der Waals surface area (Å²) in [5, 5.41) is 0. The fraction of sp³-hybridized carbons (Fsp3) is 0.429. The van der Waals surface area contributed by atoms with Crippen molar-refractivity contribution < 1.29 is 4.55 Å². The standard InChI is InChI=1S/C11H16.C10H17NOS/c1-7-6-8(2)10(4)11(5)9(7)3;1-5-9(4)10(11-13-12)7-6-8(2)3/h6H,1-5H3;6-7,11-12H,2,5H2,1,3-4H3/b;7-6-,10-9+. The predicted molar refractivity (Wildman–Crippen MR) is 110 cm³/mol. The van der Waals surface area contributed by atoms with Gasteiger partial charge in [-0.25, -0.2) is 0 Å². The fourth-order valence-electron chi connectivity index (χ4n) is 2.14. The van der Waals surface area contributed by atoms with Crippen molar-refractivity contribution >= 4 is 12.2 Å². The van der Waals surface area contributed by atoms with E-state index in [4.69, 9.17) is 4.55 Å². The molecule has 0 aliphatic rings. The Morgan fingerprint density at radius 1 is 1.04 bits per heavy atom. The molecule has 0 spiro atoms. The number of rotatable bonds is 5. The highest BCUT2D eigenvalue weighted by Crippen LogP contribution is 2.19. The molecule has 0 unspecified atom stereocenters. The quantitative estimate of drug-likeness (QED) is 0.351. The maximum absolute atomic E-state index is 8.66. The molecule has 0 saturated carbocycles. The van der Waals surface area contributed by atoms with Gasteiger partial charge in [0.05, 0.1) is 0 Å². The Kier molecular flexibility index (Phi) is 10.5. The average Bonchev–Trinajstić information content (AvgIpc) is 2.54. The van der Waals surface area contributed by atoms with Crippen molar-refractivity contribution in [2.45, 2.75) is 61.8 Å². The molecule has 1 aromatic carbocycles. The van der Waals surface area contributed by atoms with Crippen LogP contribution in [0.15, 0.2) is 41.6 Å². The summed E-state index contributed by atoms with van der Waals surface area (Å²) in [6.07, 6.45) is 4.80. The third-order valence-corrected chi connectivity index (χ3v) is 4.73. The summed E-state index contributed by atoms with van der Waals surface area (Å²) in [5.41, 5.74) is 10.3. The lowest BCUT2D eigenvalue weighted by Crippen LogP contribution is -2.02. The molecule has 0 aliphatic heterocycles. The lowest BCUT2D eigenvalue weighted by molar-refractivity contribution is 0.657. The SMILES string of the molecule is C=C(C)/C=C\C(NSO)=C(\C)CC.Cc1cc(C)c(C)c(C)c1C. The first-order valence-corrected chi connectivity index (χ1v) is 9.06. The van der Waals surface area contributed by atoms with Gasteiger partial charge in [-0.15, -0.1) is 0 Å². The van der Waals surface area contributed by atoms with Crippen LogP contribution in [0.5, 0.6) is 0 Å². The molecule has 0 bridgehead atoms. The molecule has 0 radical (unpaired) electrons. The van der Waals surface area contributed by atoms with E-state index in [0.717, 1.165) is 17.7 Å². The van der Waals surface area contributed by atoms with Gasteiger partial charge in [-0.1, -0.05) is 31.2 Å². The molecule has 0 saturated heterocycles. The number of benzene rings is 1. The first-order chi connectivity index (χ1) is 11.1. The van der Waals surface area contributed by atoms with Crippen LogP contribution in [0.1, 0.15) is 55.0 Å². The minimum absolute atomic E-state index is 0.616. The van der Waals surface area contributed by atoms with Crippen LogP contribution in [-0.2, 0) is 0 Å². The Hall–Kier alpha value is -1.45. The van der Waals surface area contributed by atoms with Crippen LogP contribution in [0.25, 0.3) is 0 Å². The third-order valence-electron chi connectivity index (χ3n) is 4.42. The smallest absolute Gasteiger partial charge is 0.108 e. The molecule has 0 fully saturated rings. The number of hydrogen-bond acceptors (Lipinski definition) is 3. The minimum atomic E-state index is 0.616. The van der Waals surface area contributed by atoms with Gasteiger partial charge >= 0.3 is 0 Å². The van der Waals surface area contributed by atoms with Gasteiger partial charge in [-0.2, -0.15) is 0 Å². The highest BCUT2D eigenvalue weighted by molar-refractivity contribution is 7.91. The number of hydrogen-bond donors (Lipinski definition) is 2. The summed E-state index contributed by atoms with van der Waals surface area (Å²) in [6, 6.07) is 2.26. The van der Waals surface area contributed by atoms with E-state index in [1.807, 2.05) is 26.0 Å². The summed E-state index contributed by atoms with van der Waals surface area (Å²) in [5.74, 6) is 0. The second-order valence-electron chi connectivity index (χ2n) is 6.31. The summed E-state index contributed by atoms with van der Waals surface area (Å²) in [7, 11) is 0. The molecule has 2 nitrogen and oxygen atoms in total. The third kappa shape index (κ3) is 7.41. The van der Waals surface area contributed by atoms with E-state index in [2.05, 4.69) is 58.9 Å². The van der Waals surface area contributed by atoms with Crippen LogP contribution >= 0.6 is 12.2 Å². The number of nitrogens with one attached hydrogen (secondary N) is 1. The van der Waals surface area contributed by atoms with Crippen molar-refractivity contribution in [2.75, 3.05) is 0 Å². The second-order valence-corrected chi connectivity index (χ2v) is 6.69. The van der Waals surface area contributed by atoms with Crippen molar-refractivity contribution in [3.05, 3.63) is 69.5 Å². The van der Waals surface area contributed by atoms with E-state index in [1.165, 1.54) is 33.4 Å². The van der Waals surface area contributed by atoms with Gasteiger partial charge in [0, 0.05) is 5.70 Å². The van der Waals surface area contributed by atoms with Gasteiger partial charge < -0.3 is 9.27 Å². The minimum Gasteiger partial charge on any atom is -0.312 e. The molecule has 134 valence electrons. The van der Waals surface area contributed by atoms with Gasteiger partial charge in [0.15, 0.2) is 0 Å². The van der Waals surface area contributed by atoms with Gasteiger partial charge in [-0.05, 0) is 94.4 Å². The molecule has 0 heterocycles. The van der Waals surface area contributed by atoms with Crippen molar-refractivity contribution in [3.8, 4) is 0 Å². The average molecular weight is 348 g/mol. The van der Waals surface area contributed by atoms with Crippen LogP contribution in [0.4, 0.5) is 0 Å². The Balaban J connectivity index is 0.000000446. The lowest BCUT2D eigenvalue weighted by atomic mass is 9.96. The second kappa shape index (κ2) is 11.2. The first-order valence-electron chi connectivity index (χ1n) is 8.29. The molecule has 0 amide bonds. The van der Waals surface area contributed by atoms with E-state index in [9.17, 15) is 0 Å². The van der Waals surface area contributed by atoms with Crippen LogP contribution in [0.2, 0.25) is 0 Å². The van der Waals surface area contributed by atoms with E-state index < -0.39 is 0 Å². The Morgan fingerprint density at radius 2 is 1.54 bits per heavy atom. The number of allylic oxidation sites excluding steroid dienone is 4. The van der Waals surface area contributed by atoms with Crippen molar-refractivity contribution in [1.82, 2.24) is 4.72 Å². The largest absolute Gasteiger partial charge is 0.312 e. The highest BCUT2D eigenvalue weighted by Gasteiger charge is 2.02. The fourth-order valence-corrected chi connectivity index (χ4v) is 2.48. The molecule has 1 rings (SSSR count). The normalized spacial score (nSPS) is 11.7. The molecule has 0 aromatic heterocycles. The van der Waals surface area contributed by atoms with Crippen molar-refractivity contribution in [1.29, 1.82) is 0 Å². The molecule has 3 heteroatoms. The zero-order chi connectivity index (χ0) is 18.9. The summed E-state index contributed by atoms with van der Waals surface area (Å²) in [6.45, 7) is 20.7. The summed E-state index contributed by atoms with van der Waals surface area (Å²) >= 11 is 0.616. The van der Waals surface area contributed by atoms with Crippen LogP contribution < -0.4 is 4.72 Å². The van der Waals surface area contributed by atoms with Gasteiger partial charge in [-0.3, -0.25) is 0 Å².